The summed E-state index contributed by atoms with van der Waals surface area (Å²) >= 11 is 0. The van der Waals surface area contributed by atoms with Gasteiger partial charge < -0.3 is 20.1 Å². The Kier molecular flexibility index (Phi) is 7.25. The molecule has 25 heavy (non-hydrogen) atoms. The molecule has 0 saturated carbocycles. The number of likely N-dealkylation sites (N-methyl/N-ethyl adjacent to an activating group) is 1. The molecule has 1 aromatic carbocycles. The van der Waals surface area contributed by atoms with Gasteiger partial charge in [0.2, 0.25) is 5.89 Å². The van der Waals surface area contributed by atoms with E-state index >= 15 is 0 Å². The van der Waals surface area contributed by atoms with Gasteiger partial charge in [0, 0.05) is 31.9 Å². The molecule has 0 amide bonds. The largest absolute Gasteiger partial charge is 0.370 e. The van der Waals surface area contributed by atoms with Gasteiger partial charge in [-0.1, -0.05) is 17.3 Å². The van der Waals surface area contributed by atoms with Gasteiger partial charge in [-0.3, -0.25) is 0 Å². The fraction of sp³-hybridized carbons (Fsp3) is 0.500. The first-order valence-corrected chi connectivity index (χ1v) is 8.75. The van der Waals surface area contributed by atoms with Gasteiger partial charge in [0.1, 0.15) is 6.54 Å². The predicted molar refractivity (Wildman–Crippen MR) is 101 cm³/mol. The summed E-state index contributed by atoms with van der Waals surface area (Å²) in [5.41, 5.74) is 2.52. The van der Waals surface area contributed by atoms with Crippen LogP contribution in [-0.2, 0) is 6.54 Å². The zero-order chi connectivity index (χ0) is 18.1. The third-order valence-corrected chi connectivity index (χ3v) is 3.71. The quantitative estimate of drug-likeness (QED) is 0.565. The minimum absolute atomic E-state index is 0.367. The number of hydrogen-bond donors (Lipinski definition) is 2. The summed E-state index contributed by atoms with van der Waals surface area (Å²) in [7, 11) is 0. The fourth-order valence-electron chi connectivity index (χ4n) is 2.50. The van der Waals surface area contributed by atoms with Crippen LogP contribution >= 0.6 is 0 Å². The zero-order valence-corrected chi connectivity index (χ0v) is 15.5. The lowest BCUT2D eigenvalue weighted by molar-refractivity contribution is 0.376. The van der Waals surface area contributed by atoms with E-state index in [1.165, 1.54) is 11.3 Å². The molecule has 1 heterocycles. The minimum Gasteiger partial charge on any atom is -0.370 e. The maximum Gasteiger partial charge on any atom is 0.248 e. The Morgan fingerprint density at radius 2 is 2.08 bits per heavy atom. The number of guanidine groups is 1. The van der Waals surface area contributed by atoms with E-state index in [9.17, 15) is 0 Å². The van der Waals surface area contributed by atoms with Crippen molar-refractivity contribution in [3.05, 3.63) is 41.5 Å². The van der Waals surface area contributed by atoms with E-state index in [4.69, 9.17) is 4.52 Å². The summed E-state index contributed by atoms with van der Waals surface area (Å²) < 4.78 is 5.09. The molecule has 0 atom stereocenters. The molecule has 136 valence electrons. The summed E-state index contributed by atoms with van der Waals surface area (Å²) in [6.45, 7) is 11.9. The Morgan fingerprint density at radius 3 is 2.72 bits per heavy atom. The molecule has 0 aliphatic rings. The van der Waals surface area contributed by atoms with Crippen molar-refractivity contribution in [2.24, 2.45) is 4.99 Å². The summed E-state index contributed by atoms with van der Waals surface area (Å²) in [6.07, 6.45) is 0. The molecule has 0 unspecified atom stereocenters. The van der Waals surface area contributed by atoms with E-state index < -0.39 is 0 Å². The smallest absolute Gasteiger partial charge is 0.248 e. The van der Waals surface area contributed by atoms with Gasteiger partial charge >= 0.3 is 0 Å². The van der Waals surface area contributed by atoms with Crippen LogP contribution in [0.15, 0.2) is 33.8 Å². The number of aliphatic imine (C=N–C) groups is 1. The molecule has 0 fully saturated rings. The number of aryl methyl sites for hydroxylation is 2. The fourth-order valence-corrected chi connectivity index (χ4v) is 2.50. The SMILES string of the molecule is CCNC(=NCc1nc(C)no1)NCCN(CC)c1cccc(C)c1. The molecule has 0 aliphatic carbocycles. The Labute approximate surface area is 149 Å². The van der Waals surface area contributed by atoms with Gasteiger partial charge in [-0.15, -0.1) is 0 Å². The standard InChI is InChI=1S/C18H28N6O/c1-5-19-18(21-13-17-22-15(4)23-25-17)20-10-11-24(6-2)16-9-7-8-14(3)12-16/h7-9,12H,5-6,10-11,13H2,1-4H3,(H2,19,20,21). The first-order chi connectivity index (χ1) is 12.1. The highest BCUT2D eigenvalue weighted by molar-refractivity contribution is 5.79. The number of nitrogens with zero attached hydrogens (tertiary/aromatic N) is 4. The van der Waals surface area contributed by atoms with Gasteiger partial charge in [0.25, 0.3) is 0 Å². The zero-order valence-electron chi connectivity index (χ0n) is 15.5. The van der Waals surface area contributed by atoms with Gasteiger partial charge in [-0.25, -0.2) is 4.99 Å². The third-order valence-electron chi connectivity index (χ3n) is 3.71. The van der Waals surface area contributed by atoms with Crippen molar-refractivity contribution in [2.75, 3.05) is 31.1 Å². The molecule has 2 N–H and O–H groups in total. The average Bonchev–Trinajstić information content (AvgIpc) is 3.02. The van der Waals surface area contributed by atoms with Gasteiger partial charge in [-0.2, -0.15) is 4.98 Å². The lowest BCUT2D eigenvalue weighted by atomic mass is 10.2. The number of rotatable bonds is 8. The Hall–Kier alpha value is -2.57. The monoisotopic (exact) mass is 344 g/mol. The van der Waals surface area contributed by atoms with Crippen LogP contribution in [0.25, 0.3) is 0 Å². The number of benzene rings is 1. The minimum atomic E-state index is 0.367. The van der Waals surface area contributed by atoms with E-state index in [1.54, 1.807) is 6.92 Å². The molecular formula is C18H28N6O. The lowest BCUT2D eigenvalue weighted by Crippen LogP contribution is -2.41. The maximum absolute atomic E-state index is 5.09. The van der Waals surface area contributed by atoms with Crippen LogP contribution in [0.4, 0.5) is 5.69 Å². The number of nitrogens with one attached hydrogen (secondary N) is 2. The second kappa shape index (κ2) is 9.66. The van der Waals surface area contributed by atoms with E-state index in [1.807, 2.05) is 6.92 Å². The van der Waals surface area contributed by atoms with Crippen molar-refractivity contribution < 1.29 is 4.52 Å². The molecule has 2 aromatic rings. The van der Waals surface area contributed by atoms with E-state index in [2.05, 4.69) is 68.8 Å². The topological polar surface area (TPSA) is 78.6 Å². The van der Waals surface area contributed by atoms with Crippen molar-refractivity contribution in [1.29, 1.82) is 0 Å². The summed E-state index contributed by atoms with van der Waals surface area (Å²) in [5.74, 6) is 1.89. The van der Waals surface area contributed by atoms with Gasteiger partial charge in [0.05, 0.1) is 0 Å². The first-order valence-electron chi connectivity index (χ1n) is 8.75. The molecule has 0 saturated heterocycles. The van der Waals surface area contributed by atoms with Crippen LogP contribution in [0.5, 0.6) is 0 Å². The number of hydrogen-bond acceptors (Lipinski definition) is 5. The highest BCUT2D eigenvalue weighted by Crippen LogP contribution is 2.14. The summed E-state index contributed by atoms with van der Waals surface area (Å²) in [5, 5.41) is 10.4. The number of aromatic nitrogens is 2. The second-order valence-electron chi connectivity index (χ2n) is 5.78. The Morgan fingerprint density at radius 1 is 1.24 bits per heavy atom. The van der Waals surface area contributed by atoms with E-state index in [0.29, 0.717) is 18.3 Å². The van der Waals surface area contributed by atoms with Crippen molar-refractivity contribution >= 4 is 11.6 Å². The third kappa shape index (κ3) is 6.10. The molecule has 1 aromatic heterocycles. The van der Waals surface area contributed by atoms with E-state index in [-0.39, 0.29) is 0 Å². The average molecular weight is 344 g/mol. The maximum atomic E-state index is 5.09. The predicted octanol–water partition coefficient (Wildman–Crippen LogP) is 2.27. The number of anilines is 1. The van der Waals surface area contributed by atoms with Crippen molar-refractivity contribution in [3.63, 3.8) is 0 Å². The van der Waals surface area contributed by atoms with Crippen LogP contribution in [-0.4, -0.2) is 42.3 Å². The van der Waals surface area contributed by atoms with E-state index in [0.717, 1.165) is 32.1 Å². The van der Waals surface area contributed by atoms with Crippen LogP contribution in [0.3, 0.4) is 0 Å². The Balaban J connectivity index is 1.89. The molecule has 0 spiro atoms. The molecule has 7 heteroatoms. The Bertz CT molecular complexity index is 682. The van der Waals surface area contributed by atoms with Crippen molar-refractivity contribution in [3.8, 4) is 0 Å². The molecular weight excluding hydrogens is 316 g/mol. The summed E-state index contributed by atoms with van der Waals surface area (Å²) in [6, 6.07) is 8.57. The normalized spacial score (nSPS) is 11.4. The first kappa shape index (κ1) is 18.8. The second-order valence-corrected chi connectivity index (χ2v) is 5.78. The van der Waals surface area contributed by atoms with Crippen LogP contribution in [0, 0.1) is 13.8 Å². The summed E-state index contributed by atoms with van der Waals surface area (Å²) in [4.78, 5) is 11.0. The molecule has 7 nitrogen and oxygen atoms in total. The van der Waals surface area contributed by atoms with Crippen molar-refractivity contribution in [2.45, 2.75) is 34.2 Å². The molecule has 2 rings (SSSR count). The van der Waals surface area contributed by atoms with Gasteiger partial charge in [0.15, 0.2) is 11.8 Å². The van der Waals surface area contributed by atoms with Gasteiger partial charge in [-0.05, 0) is 45.4 Å². The van der Waals surface area contributed by atoms with Crippen LogP contribution in [0.1, 0.15) is 31.1 Å². The molecule has 0 radical (unpaired) electrons. The molecule has 0 bridgehead atoms. The van der Waals surface area contributed by atoms with Crippen LogP contribution in [0.2, 0.25) is 0 Å². The van der Waals surface area contributed by atoms with Crippen molar-refractivity contribution in [1.82, 2.24) is 20.8 Å². The molecule has 0 aliphatic heterocycles. The highest BCUT2D eigenvalue weighted by Gasteiger charge is 2.06. The lowest BCUT2D eigenvalue weighted by Gasteiger charge is -2.24. The highest BCUT2D eigenvalue weighted by atomic mass is 16.5. The van der Waals surface area contributed by atoms with Crippen LogP contribution < -0.4 is 15.5 Å².